The van der Waals surface area contributed by atoms with Crippen molar-refractivity contribution in [3.8, 4) is 0 Å². The maximum Gasteiger partial charge on any atom is 0.291 e. The molecule has 3 rings (SSSR count). The molecule has 1 heterocycles. The number of hydrogen-bond acceptors (Lipinski definition) is 4. The summed E-state index contributed by atoms with van der Waals surface area (Å²) in [7, 11) is 0. The number of carbonyl (C=O) groups is 3. The summed E-state index contributed by atoms with van der Waals surface area (Å²) in [6, 6.07) is 20.2. The molecule has 0 N–H and O–H groups in total. The smallest absolute Gasteiger partial charge is 0.291 e. The molecule has 4 nitrogen and oxygen atoms in total. The number of hydrogen-bond donors (Lipinski definition) is 0. The predicted octanol–water partition coefficient (Wildman–Crippen LogP) is 6.10. The fourth-order valence-corrected chi connectivity index (χ4v) is 4.97. The van der Waals surface area contributed by atoms with Gasteiger partial charge in [0.25, 0.3) is 5.91 Å². The zero-order valence-corrected chi connectivity index (χ0v) is 21.4. The molecule has 0 spiro atoms. The van der Waals surface area contributed by atoms with Crippen molar-refractivity contribution in [3.05, 3.63) is 71.8 Å². The van der Waals surface area contributed by atoms with Crippen LogP contribution in [0.5, 0.6) is 0 Å². The molecule has 1 fully saturated rings. The Kier molecular flexibility index (Phi) is 10.4. The van der Waals surface area contributed by atoms with Crippen molar-refractivity contribution in [2.45, 2.75) is 65.8 Å². The van der Waals surface area contributed by atoms with Crippen molar-refractivity contribution in [1.82, 2.24) is 4.90 Å². The van der Waals surface area contributed by atoms with Gasteiger partial charge >= 0.3 is 0 Å². The van der Waals surface area contributed by atoms with Gasteiger partial charge in [-0.3, -0.25) is 14.4 Å². The Balaban J connectivity index is 0.00000187. The highest BCUT2D eigenvalue weighted by Crippen LogP contribution is 2.31. The molecule has 1 atom stereocenters. The molecule has 178 valence electrons. The second-order valence-corrected chi connectivity index (χ2v) is 10.2. The van der Waals surface area contributed by atoms with Crippen molar-refractivity contribution in [1.29, 1.82) is 0 Å². The van der Waals surface area contributed by atoms with E-state index < -0.39 is 23.1 Å². The Morgan fingerprint density at radius 3 is 1.94 bits per heavy atom. The number of Topliss-reactive ketones (excluding diaryl/α,β-unsaturated/α-hetero) is 1. The van der Waals surface area contributed by atoms with Gasteiger partial charge in [-0.25, -0.2) is 0 Å². The Morgan fingerprint density at radius 1 is 0.939 bits per heavy atom. The fraction of sp³-hybridized carbons (Fsp3) is 0.464. The molecule has 1 aliphatic rings. The standard InChI is InChI=1S/C26H31NO3S.C2H6/c1-26(2,3)23(28)24(29)27-17-10-15-22(27)25(30)31-18-16-21(19-11-6-4-7-12-19)20-13-8-5-9-14-20;1-2/h4-9,11-14,21-22H,10,15-18H2,1-3H3;1-2H3. The van der Waals surface area contributed by atoms with Gasteiger partial charge in [0.05, 0.1) is 0 Å². The Labute approximate surface area is 203 Å². The lowest BCUT2D eigenvalue weighted by Crippen LogP contribution is -2.46. The number of rotatable bonds is 7. The Hall–Kier alpha value is -2.40. The zero-order chi connectivity index (χ0) is 24.4. The van der Waals surface area contributed by atoms with Crippen LogP contribution in [0.25, 0.3) is 0 Å². The second-order valence-electron chi connectivity index (χ2n) is 9.07. The summed E-state index contributed by atoms with van der Waals surface area (Å²) < 4.78 is 0. The third-order valence-corrected chi connectivity index (χ3v) is 6.71. The van der Waals surface area contributed by atoms with Gasteiger partial charge in [0.2, 0.25) is 10.9 Å². The first kappa shape index (κ1) is 26.8. The minimum Gasteiger partial charge on any atom is -0.325 e. The largest absolute Gasteiger partial charge is 0.325 e. The molecule has 1 unspecified atom stereocenters. The molecule has 0 aliphatic carbocycles. The number of benzene rings is 2. The van der Waals surface area contributed by atoms with E-state index in [0.717, 1.165) is 12.8 Å². The van der Waals surface area contributed by atoms with Crippen LogP contribution in [0.15, 0.2) is 60.7 Å². The highest BCUT2D eigenvalue weighted by molar-refractivity contribution is 8.13. The molecular weight excluding hydrogens is 430 g/mol. The Morgan fingerprint density at radius 2 is 1.45 bits per heavy atom. The van der Waals surface area contributed by atoms with Gasteiger partial charge in [0, 0.05) is 23.6 Å². The van der Waals surface area contributed by atoms with E-state index in [0.29, 0.717) is 18.7 Å². The van der Waals surface area contributed by atoms with Crippen molar-refractivity contribution >= 4 is 28.6 Å². The molecule has 2 aromatic rings. The zero-order valence-electron chi connectivity index (χ0n) is 20.5. The van der Waals surface area contributed by atoms with Crippen molar-refractivity contribution < 1.29 is 14.4 Å². The first-order valence-corrected chi connectivity index (χ1v) is 12.9. The molecule has 0 saturated carbocycles. The topological polar surface area (TPSA) is 54.5 Å². The van der Waals surface area contributed by atoms with Gasteiger partial charge in [-0.15, -0.1) is 0 Å². The average molecular weight is 468 g/mol. The van der Waals surface area contributed by atoms with Gasteiger partial charge in [-0.05, 0) is 30.4 Å². The van der Waals surface area contributed by atoms with E-state index in [1.54, 1.807) is 20.8 Å². The van der Waals surface area contributed by atoms with E-state index in [1.165, 1.54) is 27.8 Å². The number of nitrogens with zero attached hydrogens (tertiary/aromatic N) is 1. The maximum absolute atomic E-state index is 12.9. The van der Waals surface area contributed by atoms with Gasteiger partial charge in [0.1, 0.15) is 6.04 Å². The molecule has 1 aliphatic heterocycles. The minimum atomic E-state index is -0.737. The van der Waals surface area contributed by atoms with Crippen LogP contribution in [-0.2, 0) is 14.4 Å². The third kappa shape index (κ3) is 7.29. The summed E-state index contributed by atoms with van der Waals surface area (Å²) in [4.78, 5) is 39.5. The quantitative estimate of drug-likeness (QED) is 0.462. The summed E-state index contributed by atoms with van der Waals surface area (Å²) in [5.41, 5.74) is 1.73. The molecule has 5 heteroatoms. The Bertz CT molecular complexity index is 866. The third-order valence-electron chi connectivity index (χ3n) is 5.72. The molecule has 0 aromatic heterocycles. The van der Waals surface area contributed by atoms with Crippen molar-refractivity contribution in [2.75, 3.05) is 12.3 Å². The van der Waals surface area contributed by atoms with E-state index in [4.69, 9.17) is 0 Å². The maximum atomic E-state index is 12.9. The molecule has 33 heavy (non-hydrogen) atoms. The molecule has 2 aromatic carbocycles. The van der Waals surface area contributed by atoms with Crippen LogP contribution in [0.3, 0.4) is 0 Å². The summed E-state index contributed by atoms with van der Waals surface area (Å²) in [6.45, 7) is 9.70. The number of likely N-dealkylation sites (tertiary alicyclic amines) is 1. The van der Waals surface area contributed by atoms with Crippen molar-refractivity contribution in [2.24, 2.45) is 5.41 Å². The lowest BCUT2D eigenvalue weighted by atomic mass is 9.89. The highest BCUT2D eigenvalue weighted by atomic mass is 32.2. The van der Waals surface area contributed by atoms with E-state index >= 15 is 0 Å². The lowest BCUT2D eigenvalue weighted by Gasteiger charge is -2.26. The lowest BCUT2D eigenvalue weighted by molar-refractivity contribution is -0.150. The minimum absolute atomic E-state index is 0.00701. The molecule has 1 saturated heterocycles. The van der Waals surface area contributed by atoms with Crippen LogP contribution < -0.4 is 0 Å². The van der Waals surface area contributed by atoms with Gasteiger partial charge in [0.15, 0.2) is 0 Å². The van der Waals surface area contributed by atoms with Crippen LogP contribution in [0.2, 0.25) is 0 Å². The summed E-state index contributed by atoms with van der Waals surface area (Å²) in [5, 5.41) is -0.00701. The highest BCUT2D eigenvalue weighted by Gasteiger charge is 2.40. The summed E-state index contributed by atoms with van der Waals surface area (Å²) >= 11 is 1.29. The number of amides is 1. The molecule has 0 radical (unpaired) electrons. The van der Waals surface area contributed by atoms with Crippen LogP contribution >= 0.6 is 11.8 Å². The van der Waals surface area contributed by atoms with E-state index in [9.17, 15) is 14.4 Å². The van der Waals surface area contributed by atoms with Crippen LogP contribution in [0.4, 0.5) is 0 Å². The fourth-order valence-electron chi connectivity index (χ4n) is 3.98. The first-order chi connectivity index (χ1) is 15.8. The van der Waals surface area contributed by atoms with E-state index in [2.05, 4.69) is 24.3 Å². The number of carbonyl (C=O) groups excluding carboxylic acids is 3. The van der Waals surface area contributed by atoms with Crippen molar-refractivity contribution in [3.63, 3.8) is 0 Å². The van der Waals surface area contributed by atoms with Crippen LogP contribution in [0, 0.1) is 5.41 Å². The second kappa shape index (κ2) is 12.7. The van der Waals surface area contributed by atoms with Crippen LogP contribution in [0.1, 0.15) is 70.9 Å². The first-order valence-electron chi connectivity index (χ1n) is 11.9. The van der Waals surface area contributed by atoms with E-state index in [-0.39, 0.29) is 11.0 Å². The summed E-state index contributed by atoms with van der Waals surface area (Å²) in [6.07, 6.45) is 2.22. The van der Waals surface area contributed by atoms with Gasteiger partial charge in [-0.2, -0.15) is 0 Å². The normalized spacial score (nSPS) is 15.7. The summed E-state index contributed by atoms with van der Waals surface area (Å²) in [5.74, 6) is -0.0636. The monoisotopic (exact) mass is 467 g/mol. The molecule has 0 bridgehead atoms. The molecule has 1 amide bonds. The van der Waals surface area contributed by atoms with Crippen LogP contribution in [-0.4, -0.2) is 40.0 Å². The van der Waals surface area contributed by atoms with E-state index in [1.807, 2.05) is 50.2 Å². The number of ketones is 1. The number of thioether (sulfide) groups is 1. The average Bonchev–Trinajstić information content (AvgIpc) is 3.33. The SMILES string of the molecule is CC.CC(C)(C)C(=O)C(=O)N1CCCC1C(=O)SCCC(c1ccccc1)c1ccccc1. The molecular formula is C28H37NO3S. The van der Waals surface area contributed by atoms with Gasteiger partial charge in [-0.1, -0.05) is 107 Å². The van der Waals surface area contributed by atoms with Gasteiger partial charge < -0.3 is 4.90 Å². The predicted molar refractivity (Wildman–Crippen MR) is 137 cm³/mol.